The zero-order valence-electron chi connectivity index (χ0n) is 11.4. The van der Waals surface area contributed by atoms with Crippen molar-refractivity contribution in [2.24, 2.45) is 5.73 Å². The number of nitrogens with two attached hydrogens (primary N) is 1. The number of rotatable bonds is 4. The Kier molecular flexibility index (Phi) is 5.05. The standard InChI is InChI=1S/C14H22BrN3O/c1-2-7-18-9-10(15)8-13(18)14(19)17-12-5-3-11(16)4-6-12/h8-9,11-12H,2-7,16H2,1H3,(H,17,19). The van der Waals surface area contributed by atoms with Crippen molar-refractivity contribution in [1.82, 2.24) is 9.88 Å². The van der Waals surface area contributed by atoms with Gasteiger partial charge in [-0.3, -0.25) is 4.79 Å². The van der Waals surface area contributed by atoms with Crippen molar-refractivity contribution in [1.29, 1.82) is 0 Å². The Morgan fingerprint density at radius 1 is 1.47 bits per heavy atom. The molecule has 0 radical (unpaired) electrons. The van der Waals surface area contributed by atoms with Gasteiger partial charge in [-0.05, 0) is 54.1 Å². The van der Waals surface area contributed by atoms with Gasteiger partial charge in [-0.1, -0.05) is 6.92 Å². The van der Waals surface area contributed by atoms with E-state index >= 15 is 0 Å². The van der Waals surface area contributed by atoms with Gasteiger partial charge >= 0.3 is 0 Å². The van der Waals surface area contributed by atoms with E-state index in [1.165, 1.54) is 0 Å². The van der Waals surface area contributed by atoms with Crippen LogP contribution >= 0.6 is 15.9 Å². The van der Waals surface area contributed by atoms with E-state index < -0.39 is 0 Å². The van der Waals surface area contributed by atoms with Crippen molar-refractivity contribution in [3.05, 3.63) is 22.4 Å². The van der Waals surface area contributed by atoms with Crippen molar-refractivity contribution < 1.29 is 4.79 Å². The zero-order valence-corrected chi connectivity index (χ0v) is 12.9. The maximum atomic E-state index is 12.3. The zero-order chi connectivity index (χ0) is 13.8. The molecular formula is C14H22BrN3O. The summed E-state index contributed by atoms with van der Waals surface area (Å²) in [5.74, 6) is 0.0274. The summed E-state index contributed by atoms with van der Waals surface area (Å²) in [6, 6.07) is 2.47. The lowest BCUT2D eigenvalue weighted by atomic mass is 9.92. The first-order valence-electron chi connectivity index (χ1n) is 7.02. The largest absolute Gasteiger partial charge is 0.348 e. The van der Waals surface area contributed by atoms with Gasteiger partial charge in [0.05, 0.1) is 0 Å². The van der Waals surface area contributed by atoms with Crippen molar-refractivity contribution in [3.8, 4) is 0 Å². The fourth-order valence-corrected chi connectivity index (χ4v) is 3.08. The van der Waals surface area contributed by atoms with Gasteiger partial charge in [0.2, 0.25) is 0 Å². The number of hydrogen-bond acceptors (Lipinski definition) is 2. The Bertz CT molecular complexity index is 436. The molecule has 1 aliphatic carbocycles. The van der Waals surface area contributed by atoms with Crippen LogP contribution in [0.25, 0.3) is 0 Å². The number of hydrogen-bond donors (Lipinski definition) is 2. The second-order valence-corrected chi connectivity index (χ2v) is 6.24. The molecule has 4 nitrogen and oxygen atoms in total. The van der Waals surface area contributed by atoms with E-state index in [1.807, 2.05) is 16.8 Å². The first-order chi connectivity index (χ1) is 9.10. The van der Waals surface area contributed by atoms with Gasteiger partial charge in [-0.25, -0.2) is 0 Å². The van der Waals surface area contributed by atoms with Crippen LogP contribution in [0.15, 0.2) is 16.7 Å². The molecule has 1 saturated carbocycles. The summed E-state index contributed by atoms with van der Waals surface area (Å²) in [6.45, 7) is 2.97. The van der Waals surface area contributed by atoms with Crippen LogP contribution in [0.5, 0.6) is 0 Å². The fourth-order valence-electron chi connectivity index (χ4n) is 2.61. The van der Waals surface area contributed by atoms with Crippen LogP contribution < -0.4 is 11.1 Å². The molecule has 0 atom stereocenters. The minimum Gasteiger partial charge on any atom is -0.348 e. The summed E-state index contributed by atoms with van der Waals surface area (Å²) in [5.41, 5.74) is 6.62. The summed E-state index contributed by atoms with van der Waals surface area (Å²) in [5, 5.41) is 3.13. The van der Waals surface area contributed by atoms with Crippen LogP contribution in [0.2, 0.25) is 0 Å². The highest BCUT2D eigenvalue weighted by molar-refractivity contribution is 9.10. The lowest BCUT2D eigenvalue weighted by molar-refractivity contribution is 0.0916. The first kappa shape index (κ1) is 14.6. The fraction of sp³-hybridized carbons (Fsp3) is 0.643. The van der Waals surface area contributed by atoms with E-state index in [1.54, 1.807) is 0 Å². The number of carbonyl (C=O) groups excluding carboxylic acids is 1. The van der Waals surface area contributed by atoms with Gasteiger partial charge in [0, 0.05) is 29.3 Å². The Balaban J connectivity index is 1.99. The van der Waals surface area contributed by atoms with Crippen molar-refractivity contribution in [3.63, 3.8) is 0 Å². The summed E-state index contributed by atoms with van der Waals surface area (Å²) in [6.07, 6.45) is 6.97. The third-order valence-electron chi connectivity index (χ3n) is 3.67. The average molecular weight is 328 g/mol. The van der Waals surface area contributed by atoms with Crippen molar-refractivity contribution >= 4 is 21.8 Å². The summed E-state index contributed by atoms with van der Waals surface area (Å²) < 4.78 is 2.96. The predicted molar refractivity (Wildman–Crippen MR) is 80.1 cm³/mol. The lowest BCUT2D eigenvalue weighted by Crippen LogP contribution is -2.41. The van der Waals surface area contributed by atoms with Gasteiger partial charge in [-0.2, -0.15) is 0 Å². The highest BCUT2D eigenvalue weighted by Gasteiger charge is 2.22. The molecule has 0 saturated heterocycles. The topological polar surface area (TPSA) is 60.0 Å². The number of halogens is 1. The van der Waals surface area contributed by atoms with E-state index in [0.717, 1.165) is 48.8 Å². The van der Waals surface area contributed by atoms with Crippen LogP contribution in [0.3, 0.4) is 0 Å². The molecule has 3 N–H and O–H groups in total. The average Bonchev–Trinajstić information content (AvgIpc) is 2.74. The van der Waals surface area contributed by atoms with Gasteiger partial charge in [-0.15, -0.1) is 0 Å². The Hall–Kier alpha value is -0.810. The van der Waals surface area contributed by atoms with Crippen LogP contribution in [0.1, 0.15) is 49.5 Å². The molecule has 0 bridgehead atoms. The maximum absolute atomic E-state index is 12.3. The smallest absolute Gasteiger partial charge is 0.268 e. The maximum Gasteiger partial charge on any atom is 0.268 e. The van der Waals surface area contributed by atoms with Gasteiger partial charge in [0.1, 0.15) is 5.69 Å². The van der Waals surface area contributed by atoms with Gasteiger partial charge in [0.15, 0.2) is 0 Å². The molecule has 0 aromatic carbocycles. The van der Waals surface area contributed by atoms with Crippen molar-refractivity contribution in [2.75, 3.05) is 0 Å². The molecule has 0 spiro atoms. The number of carbonyl (C=O) groups is 1. The summed E-state index contributed by atoms with van der Waals surface area (Å²) in [4.78, 5) is 12.3. The van der Waals surface area contributed by atoms with Crippen LogP contribution in [0.4, 0.5) is 0 Å². The normalized spacial score (nSPS) is 23.3. The molecule has 1 amide bonds. The summed E-state index contributed by atoms with van der Waals surface area (Å²) in [7, 11) is 0. The number of nitrogens with zero attached hydrogens (tertiary/aromatic N) is 1. The second-order valence-electron chi connectivity index (χ2n) is 5.32. The minimum atomic E-state index is 0.0274. The van der Waals surface area contributed by atoms with Crippen LogP contribution in [-0.4, -0.2) is 22.6 Å². The first-order valence-corrected chi connectivity index (χ1v) is 7.81. The molecule has 0 aliphatic heterocycles. The Morgan fingerprint density at radius 3 is 2.79 bits per heavy atom. The lowest BCUT2D eigenvalue weighted by Gasteiger charge is -2.26. The second kappa shape index (κ2) is 6.57. The van der Waals surface area contributed by atoms with Crippen LogP contribution in [0, 0.1) is 0 Å². The number of aryl methyl sites for hydroxylation is 1. The highest BCUT2D eigenvalue weighted by Crippen LogP contribution is 2.19. The number of aromatic nitrogens is 1. The Labute approximate surface area is 122 Å². The van der Waals surface area contributed by atoms with Crippen molar-refractivity contribution in [2.45, 2.75) is 57.7 Å². The van der Waals surface area contributed by atoms with E-state index in [0.29, 0.717) is 6.04 Å². The molecule has 106 valence electrons. The predicted octanol–water partition coefficient (Wildman–Crippen LogP) is 2.66. The highest BCUT2D eigenvalue weighted by atomic mass is 79.9. The Morgan fingerprint density at radius 2 is 2.16 bits per heavy atom. The molecular weight excluding hydrogens is 306 g/mol. The van der Waals surface area contributed by atoms with E-state index in [9.17, 15) is 4.79 Å². The molecule has 0 unspecified atom stereocenters. The quantitative estimate of drug-likeness (QED) is 0.893. The van der Waals surface area contributed by atoms with E-state index in [-0.39, 0.29) is 11.9 Å². The number of amides is 1. The monoisotopic (exact) mass is 327 g/mol. The number of nitrogens with one attached hydrogen (secondary N) is 1. The molecule has 1 aromatic heterocycles. The summed E-state index contributed by atoms with van der Waals surface area (Å²) >= 11 is 3.44. The van der Waals surface area contributed by atoms with Gasteiger partial charge < -0.3 is 15.6 Å². The molecule has 2 rings (SSSR count). The SMILES string of the molecule is CCCn1cc(Br)cc1C(=O)NC1CCC(N)CC1. The molecule has 1 heterocycles. The molecule has 5 heteroatoms. The molecule has 19 heavy (non-hydrogen) atoms. The third kappa shape index (κ3) is 3.83. The van der Waals surface area contributed by atoms with Crippen LogP contribution in [-0.2, 0) is 6.54 Å². The molecule has 1 fully saturated rings. The minimum absolute atomic E-state index is 0.0274. The van der Waals surface area contributed by atoms with E-state index in [4.69, 9.17) is 5.73 Å². The molecule has 1 aliphatic rings. The van der Waals surface area contributed by atoms with E-state index in [2.05, 4.69) is 28.2 Å². The van der Waals surface area contributed by atoms with Gasteiger partial charge in [0.25, 0.3) is 5.91 Å². The third-order valence-corrected chi connectivity index (χ3v) is 4.10. The molecule has 1 aromatic rings.